The summed E-state index contributed by atoms with van der Waals surface area (Å²) in [5.41, 5.74) is -0.168. The van der Waals surface area contributed by atoms with Gasteiger partial charge in [-0.15, -0.1) is 11.3 Å². The molecule has 106 valence electrons. The summed E-state index contributed by atoms with van der Waals surface area (Å²) in [6.45, 7) is 0.967. The molecule has 20 heavy (non-hydrogen) atoms. The predicted octanol–water partition coefficient (Wildman–Crippen LogP) is 3.89. The van der Waals surface area contributed by atoms with Crippen molar-refractivity contribution in [2.24, 2.45) is 0 Å². The average Bonchev–Trinajstić information content (AvgIpc) is 2.82. The standard InChI is InChI=1S/C13H12BrFN2O2S/c14-12-5-4-10(20-12)6-7-16-8-9-2-1-3-11(13(9)15)17(18)19/h1-5,16H,6-8H2. The van der Waals surface area contributed by atoms with E-state index in [-0.39, 0.29) is 6.54 Å². The van der Waals surface area contributed by atoms with Crippen LogP contribution in [-0.4, -0.2) is 11.5 Å². The molecule has 0 bridgehead atoms. The third kappa shape index (κ3) is 3.84. The molecule has 4 nitrogen and oxygen atoms in total. The number of hydrogen-bond donors (Lipinski definition) is 1. The summed E-state index contributed by atoms with van der Waals surface area (Å²) in [7, 11) is 0. The van der Waals surface area contributed by atoms with Gasteiger partial charge in [0.25, 0.3) is 0 Å². The molecule has 1 aromatic heterocycles. The molecule has 0 aliphatic rings. The second-order valence-electron chi connectivity index (χ2n) is 4.14. The highest BCUT2D eigenvalue weighted by Crippen LogP contribution is 2.22. The molecule has 2 rings (SSSR count). The summed E-state index contributed by atoms with van der Waals surface area (Å²) in [4.78, 5) is 11.2. The van der Waals surface area contributed by atoms with Crippen LogP contribution in [0.3, 0.4) is 0 Å². The largest absolute Gasteiger partial charge is 0.312 e. The van der Waals surface area contributed by atoms with Crippen molar-refractivity contribution in [2.75, 3.05) is 6.54 Å². The van der Waals surface area contributed by atoms with Crippen molar-refractivity contribution in [3.05, 3.63) is 60.5 Å². The lowest BCUT2D eigenvalue weighted by molar-refractivity contribution is -0.387. The minimum atomic E-state index is -0.760. The van der Waals surface area contributed by atoms with Crippen LogP contribution in [0.25, 0.3) is 0 Å². The summed E-state index contributed by atoms with van der Waals surface area (Å²) < 4.78 is 14.9. The Bertz CT molecular complexity index is 618. The van der Waals surface area contributed by atoms with Gasteiger partial charge in [-0.1, -0.05) is 12.1 Å². The molecule has 0 fully saturated rings. The number of halogens is 2. The monoisotopic (exact) mass is 358 g/mol. The zero-order valence-electron chi connectivity index (χ0n) is 10.4. The van der Waals surface area contributed by atoms with Gasteiger partial charge in [0, 0.05) is 29.6 Å². The lowest BCUT2D eigenvalue weighted by Gasteiger charge is -2.05. The van der Waals surface area contributed by atoms with Crippen molar-refractivity contribution >= 4 is 33.0 Å². The van der Waals surface area contributed by atoms with Crippen molar-refractivity contribution < 1.29 is 9.31 Å². The molecule has 0 radical (unpaired) electrons. The van der Waals surface area contributed by atoms with Gasteiger partial charge in [0.1, 0.15) is 0 Å². The zero-order valence-corrected chi connectivity index (χ0v) is 12.8. The van der Waals surface area contributed by atoms with Gasteiger partial charge in [-0.25, -0.2) is 0 Å². The van der Waals surface area contributed by atoms with Gasteiger partial charge in [-0.2, -0.15) is 4.39 Å². The Labute approximate surface area is 127 Å². The molecule has 1 N–H and O–H groups in total. The number of nitro groups is 1. The second kappa shape index (κ2) is 6.92. The van der Waals surface area contributed by atoms with Gasteiger partial charge in [0.05, 0.1) is 8.71 Å². The number of rotatable bonds is 6. The molecular weight excluding hydrogens is 347 g/mol. The van der Waals surface area contributed by atoms with Crippen molar-refractivity contribution in [3.8, 4) is 0 Å². The highest BCUT2D eigenvalue weighted by Gasteiger charge is 2.16. The van der Waals surface area contributed by atoms with Crippen molar-refractivity contribution in [2.45, 2.75) is 13.0 Å². The molecule has 0 spiro atoms. The third-order valence-corrected chi connectivity index (χ3v) is 4.43. The van der Waals surface area contributed by atoms with Crippen LogP contribution in [0.4, 0.5) is 10.1 Å². The van der Waals surface area contributed by atoms with Crippen LogP contribution in [0, 0.1) is 15.9 Å². The van der Waals surface area contributed by atoms with Crippen LogP contribution in [0.15, 0.2) is 34.1 Å². The summed E-state index contributed by atoms with van der Waals surface area (Å²) >= 11 is 5.05. The van der Waals surface area contributed by atoms with Crippen LogP contribution in [-0.2, 0) is 13.0 Å². The normalized spacial score (nSPS) is 10.7. The molecule has 0 aliphatic carbocycles. The van der Waals surface area contributed by atoms with Crippen LogP contribution >= 0.6 is 27.3 Å². The Balaban J connectivity index is 1.88. The summed E-state index contributed by atoms with van der Waals surface area (Å²) in [5, 5.41) is 13.7. The van der Waals surface area contributed by atoms with Gasteiger partial charge in [-0.05, 0) is 34.5 Å². The Kier molecular flexibility index (Phi) is 5.22. The highest BCUT2D eigenvalue weighted by atomic mass is 79.9. The molecule has 1 aromatic carbocycles. The molecule has 0 atom stereocenters. The first kappa shape index (κ1) is 15.1. The van der Waals surface area contributed by atoms with Crippen LogP contribution in [0.2, 0.25) is 0 Å². The number of nitro benzene ring substituents is 1. The van der Waals surface area contributed by atoms with E-state index in [1.165, 1.54) is 17.0 Å². The number of benzene rings is 1. The maximum atomic E-state index is 13.8. The van der Waals surface area contributed by atoms with E-state index in [2.05, 4.69) is 21.2 Å². The van der Waals surface area contributed by atoms with Crippen LogP contribution < -0.4 is 5.32 Å². The fourth-order valence-corrected chi connectivity index (χ4v) is 3.25. The van der Waals surface area contributed by atoms with Gasteiger partial charge in [-0.3, -0.25) is 10.1 Å². The molecule has 0 amide bonds. The van der Waals surface area contributed by atoms with E-state index in [0.29, 0.717) is 12.1 Å². The Hall–Kier alpha value is -1.31. The Morgan fingerprint density at radius 3 is 2.80 bits per heavy atom. The number of hydrogen-bond acceptors (Lipinski definition) is 4. The van der Waals surface area contributed by atoms with E-state index in [4.69, 9.17) is 0 Å². The molecule has 0 unspecified atom stereocenters. The maximum absolute atomic E-state index is 13.8. The minimum Gasteiger partial charge on any atom is -0.312 e. The molecule has 0 saturated heterocycles. The fraction of sp³-hybridized carbons (Fsp3) is 0.231. The van der Waals surface area contributed by atoms with Gasteiger partial charge in [0.2, 0.25) is 5.82 Å². The molecule has 7 heteroatoms. The fourth-order valence-electron chi connectivity index (χ4n) is 1.76. The van der Waals surface area contributed by atoms with Gasteiger partial charge in [0.15, 0.2) is 0 Å². The molecule has 1 heterocycles. The number of nitrogens with zero attached hydrogens (tertiary/aromatic N) is 1. The number of nitrogens with one attached hydrogen (secondary N) is 1. The van der Waals surface area contributed by atoms with E-state index in [1.54, 1.807) is 17.4 Å². The van der Waals surface area contributed by atoms with Crippen LogP contribution in [0.1, 0.15) is 10.4 Å². The first-order chi connectivity index (χ1) is 9.58. The summed E-state index contributed by atoms with van der Waals surface area (Å²) in [6.07, 6.45) is 0.840. The maximum Gasteiger partial charge on any atom is 0.305 e. The highest BCUT2D eigenvalue weighted by molar-refractivity contribution is 9.11. The van der Waals surface area contributed by atoms with E-state index >= 15 is 0 Å². The summed E-state index contributed by atoms with van der Waals surface area (Å²) in [6, 6.07) is 8.23. The first-order valence-electron chi connectivity index (χ1n) is 5.94. The lowest BCUT2D eigenvalue weighted by atomic mass is 10.2. The third-order valence-electron chi connectivity index (χ3n) is 2.75. The second-order valence-corrected chi connectivity index (χ2v) is 6.69. The first-order valence-corrected chi connectivity index (χ1v) is 7.55. The van der Waals surface area contributed by atoms with E-state index in [1.807, 2.05) is 12.1 Å². The molecule has 0 aliphatic heterocycles. The van der Waals surface area contributed by atoms with E-state index in [9.17, 15) is 14.5 Å². The topological polar surface area (TPSA) is 55.2 Å². The van der Waals surface area contributed by atoms with E-state index < -0.39 is 16.4 Å². The van der Waals surface area contributed by atoms with Crippen molar-refractivity contribution in [3.63, 3.8) is 0 Å². The van der Waals surface area contributed by atoms with Gasteiger partial charge < -0.3 is 5.32 Å². The quantitative estimate of drug-likeness (QED) is 0.484. The number of thiophene rings is 1. The van der Waals surface area contributed by atoms with Crippen molar-refractivity contribution in [1.29, 1.82) is 0 Å². The lowest BCUT2D eigenvalue weighted by Crippen LogP contribution is -2.17. The molecular formula is C13H12BrFN2O2S. The SMILES string of the molecule is O=[N+]([O-])c1cccc(CNCCc2ccc(Br)s2)c1F. The van der Waals surface area contributed by atoms with Crippen molar-refractivity contribution in [1.82, 2.24) is 5.32 Å². The Morgan fingerprint density at radius 2 is 2.15 bits per heavy atom. The smallest absolute Gasteiger partial charge is 0.305 e. The van der Waals surface area contributed by atoms with E-state index in [0.717, 1.165) is 10.2 Å². The molecule has 0 saturated carbocycles. The molecule has 2 aromatic rings. The van der Waals surface area contributed by atoms with Crippen LogP contribution in [0.5, 0.6) is 0 Å². The van der Waals surface area contributed by atoms with Gasteiger partial charge >= 0.3 is 5.69 Å². The Morgan fingerprint density at radius 1 is 1.35 bits per heavy atom. The average molecular weight is 359 g/mol. The zero-order chi connectivity index (χ0) is 14.5. The predicted molar refractivity (Wildman–Crippen MR) is 80.5 cm³/mol. The summed E-state index contributed by atoms with van der Waals surface area (Å²) in [5.74, 6) is -0.760. The minimum absolute atomic E-state index is 0.278.